The van der Waals surface area contributed by atoms with Crippen molar-refractivity contribution in [3.05, 3.63) is 42.4 Å². The van der Waals surface area contributed by atoms with Crippen molar-refractivity contribution in [2.75, 3.05) is 7.05 Å². The summed E-state index contributed by atoms with van der Waals surface area (Å²) in [7, 11) is 1.74. The van der Waals surface area contributed by atoms with Crippen molar-refractivity contribution >= 4 is 16.9 Å². The van der Waals surface area contributed by atoms with E-state index < -0.39 is 0 Å². The summed E-state index contributed by atoms with van der Waals surface area (Å²) in [6, 6.07) is 9.57. The predicted octanol–water partition coefficient (Wildman–Crippen LogP) is 1.64. The Labute approximate surface area is 121 Å². The molecule has 0 radical (unpaired) electrons. The molecule has 0 aliphatic carbocycles. The first-order chi connectivity index (χ1) is 10.1. The van der Waals surface area contributed by atoms with Crippen molar-refractivity contribution < 1.29 is 9.21 Å². The van der Waals surface area contributed by atoms with E-state index in [2.05, 4.69) is 15.5 Å². The van der Waals surface area contributed by atoms with E-state index in [4.69, 9.17) is 4.42 Å². The highest BCUT2D eigenvalue weighted by Gasteiger charge is 2.21. The van der Waals surface area contributed by atoms with Crippen LogP contribution in [0, 0.1) is 0 Å². The summed E-state index contributed by atoms with van der Waals surface area (Å²) >= 11 is 0. The van der Waals surface area contributed by atoms with E-state index in [1.165, 1.54) is 11.0 Å². The topological polar surface area (TPSA) is 77.0 Å². The number of para-hydroxylation sites is 1. The molecule has 1 amide bonds. The molecule has 3 aromatic rings. The molecule has 21 heavy (non-hydrogen) atoms. The molecule has 2 heterocycles. The molecular weight excluding hydrogens is 270 g/mol. The van der Waals surface area contributed by atoms with Crippen molar-refractivity contribution in [3.8, 4) is 0 Å². The Bertz CT molecular complexity index is 717. The van der Waals surface area contributed by atoms with Gasteiger partial charge in [0.05, 0.1) is 6.04 Å². The van der Waals surface area contributed by atoms with E-state index in [0.29, 0.717) is 0 Å². The normalized spacial score (nSPS) is 12.5. The zero-order valence-corrected chi connectivity index (χ0v) is 11.8. The third kappa shape index (κ3) is 2.62. The SMILES string of the molecule is CC(c1cc2ccccc2o1)N(C)C(=O)Cn1cnnn1. The van der Waals surface area contributed by atoms with Gasteiger partial charge < -0.3 is 9.32 Å². The van der Waals surface area contributed by atoms with Crippen molar-refractivity contribution in [2.24, 2.45) is 0 Å². The second kappa shape index (κ2) is 5.35. The molecule has 0 saturated heterocycles. The summed E-state index contributed by atoms with van der Waals surface area (Å²) in [6.45, 7) is 2.03. The van der Waals surface area contributed by atoms with E-state index in [-0.39, 0.29) is 18.5 Å². The van der Waals surface area contributed by atoms with Crippen LogP contribution < -0.4 is 0 Å². The van der Waals surface area contributed by atoms with E-state index in [0.717, 1.165) is 16.7 Å². The highest BCUT2D eigenvalue weighted by molar-refractivity contribution is 5.79. The van der Waals surface area contributed by atoms with Gasteiger partial charge in [0, 0.05) is 12.4 Å². The molecule has 0 saturated carbocycles. The van der Waals surface area contributed by atoms with Crippen LogP contribution >= 0.6 is 0 Å². The van der Waals surface area contributed by atoms with E-state index >= 15 is 0 Å². The Kier molecular flexibility index (Phi) is 3.39. The molecule has 0 aliphatic heterocycles. The molecular formula is C14H15N5O2. The number of tetrazole rings is 1. The maximum absolute atomic E-state index is 12.2. The molecule has 0 fully saturated rings. The summed E-state index contributed by atoms with van der Waals surface area (Å²) in [4.78, 5) is 13.8. The first-order valence-electron chi connectivity index (χ1n) is 6.60. The fourth-order valence-electron chi connectivity index (χ4n) is 2.12. The maximum Gasteiger partial charge on any atom is 0.244 e. The van der Waals surface area contributed by atoms with Gasteiger partial charge in [-0.25, -0.2) is 4.68 Å². The number of rotatable bonds is 4. The van der Waals surface area contributed by atoms with Gasteiger partial charge in [0.15, 0.2) is 0 Å². The maximum atomic E-state index is 12.2. The fourth-order valence-corrected chi connectivity index (χ4v) is 2.12. The minimum Gasteiger partial charge on any atom is -0.459 e. The van der Waals surface area contributed by atoms with Crippen LogP contribution in [0.25, 0.3) is 11.0 Å². The van der Waals surface area contributed by atoms with Gasteiger partial charge in [-0.2, -0.15) is 0 Å². The summed E-state index contributed by atoms with van der Waals surface area (Å²) in [5.41, 5.74) is 0.820. The van der Waals surface area contributed by atoms with E-state index in [9.17, 15) is 4.79 Å². The van der Waals surface area contributed by atoms with Crippen LogP contribution in [0.15, 0.2) is 41.1 Å². The fraction of sp³-hybridized carbons (Fsp3) is 0.286. The van der Waals surface area contributed by atoms with E-state index in [1.807, 2.05) is 37.3 Å². The van der Waals surface area contributed by atoms with Crippen LogP contribution in [-0.4, -0.2) is 38.1 Å². The van der Waals surface area contributed by atoms with Gasteiger partial charge in [0.25, 0.3) is 0 Å². The van der Waals surface area contributed by atoms with Gasteiger partial charge in [-0.15, -0.1) is 5.10 Å². The van der Waals surface area contributed by atoms with Gasteiger partial charge in [0.1, 0.15) is 24.2 Å². The van der Waals surface area contributed by atoms with Crippen LogP contribution in [0.1, 0.15) is 18.7 Å². The summed E-state index contributed by atoms with van der Waals surface area (Å²) in [6.07, 6.45) is 1.41. The lowest BCUT2D eigenvalue weighted by Gasteiger charge is -2.23. The molecule has 0 spiro atoms. The lowest BCUT2D eigenvalue weighted by Crippen LogP contribution is -2.32. The van der Waals surface area contributed by atoms with Crippen molar-refractivity contribution in [3.63, 3.8) is 0 Å². The number of carbonyl (C=O) groups excluding carboxylic acids is 1. The number of nitrogens with zero attached hydrogens (tertiary/aromatic N) is 5. The van der Waals surface area contributed by atoms with Crippen molar-refractivity contribution in [1.82, 2.24) is 25.1 Å². The predicted molar refractivity (Wildman–Crippen MR) is 75.2 cm³/mol. The average Bonchev–Trinajstić information content (AvgIpc) is 3.14. The van der Waals surface area contributed by atoms with Gasteiger partial charge in [-0.3, -0.25) is 4.79 Å². The zero-order chi connectivity index (χ0) is 14.8. The van der Waals surface area contributed by atoms with Crippen LogP contribution in [0.5, 0.6) is 0 Å². The molecule has 3 rings (SSSR count). The zero-order valence-electron chi connectivity index (χ0n) is 11.8. The number of aromatic nitrogens is 4. The Morgan fingerprint density at radius 1 is 1.43 bits per heavy atom. The largest absolute Gasteiger partial charge is 0.459 e. The van der Waals surface area contributed by atoms with Crippen molar-refractivity contribution in [1.29, 1.82) is 0 Å². The van der Waals surface area contributed by atoms with Crippen LogP contribution in [0.4, 0.5) is 0 Å². The molecule has 7 nitrogen and oxygen atoms in total. The standard InChI is InChI=1S/C14H15N5O2/c1-10(13-7-11-5-3-4-6-12(11)21-13)18(2)14(20)8-19-9-15-16-17-19/h3-7,9-10H,8H2,1-2H3. The Morgan fingerprint density at radius 2 is 2.24 bits per heavy atom. The second-order valence-corrected chi connectivity index (χ2v) is 4.87. The molecule has 1 unspecified atom stereocenters. The molecule has 1 aromatic carbocycles. The number of hydrogen-bond donors (Lipinski definition) is 0. The third-order valence-corrected chi connectivity index (χ3v) is 3.52. The Hall–Kier alpha value is -2.70. The second-order valence-electron chi connectivity index (χ2n) is 4.87. The number of fused-ring (bicyclic) bond motifs is 1. The lowest BCUT2D eigenvalue weighted by atomic mass is 10.2. The number of benzene rings is 1. The lowest BCUT2D eigenvalue weighted by molar-refractivity contribution is -0.133. The summed E-state index contributed by atoms with van der Waals surface area (Å²) in [5, 5.41) is 11.7. The number of furan rings is 1. The number of amides is 1. The molecule has 1 atom stereocenters. The first-order valence-corrected chi connectivity index (χ1v) is 6.60. The molecule has 2 aromatic heterocycles. The monoisotopic (exact) mass is 285 g/mol. The Morgan fingerprint density at radius 3 is 2.95 bits per heavy atom. The first kappa shape index (κ1) is 13.3. The molecule has 0 bridgehead atoms. The van der Waals surface area contributed by atoms with Crippen LogP contribution in [-0.2, 0) is 11.3 Å². The van der Waals surface area contributed by atoms with Crippen LogP contribution in [0.2, 0.25) is 0 Å². The minimum atomic E-state index is -0.165. The quantitative estimate of drug-likeness (QED) is 0.728. The highest BCUT2D eigenvalue weighted by Crippen LogP contribution is 2.26. The molecule has 0 aliphatic rings. The highest BCUT2D eigenvalue weighted by atomic mass is 16.3. The number of carbonyl (C=O) groups is 1. The third-order valence-electron chi connectivity index (χ3n) is 3.52. The van der Waals surface area contributed by atoms with Crippen molar-refractivity contribution in [2.45, 2.75) is 19.5 Å². The molecule has 108 valence electrons. The molecule has 7 heteroatoms. The smallest absolute Gasteiger partial charge is 0.244 e. The van der Waals surface area contributed by atoms with E-state index in [1.54, 1.807) is 11.9 Å². The van der Waals surface area contributed by atoms with Gasteiger partial charge >= 0.3 is 0 Å². The molecule has 0 N–H and O–H groups in total. The van der Waals surface area contributed by atoms with Gasteiger partial charge in [-0.05, 0) is 29.5 Å². The van der Waals surface area contributed by atoms with Crippen LogP contribution in [0.3, 0.4) is 0 Å². The Balaban J connectivity index is 1.77. The average molecular weight is 285 g/mol. The van der Waals surface area contributed by atoms with Gasteiger partial charge in [-0.1, -0.05) is 18.2 Å². The number of hydrogen-bond acceptors (Lipinski definition) is 5. The minimum absolute atomic E-state index is 0.0877. The number of likely N-dealkylation sites (N-methyl/N-ethyl adjacent to an activating group) is 1. The summed E-state index contributed by atoms with van der Waals surface area (Å²) < 4.78 is 7.19. The summed E-state index contributed by atoms with van der Waals surface area (Å²) in [5.74, 6) is 0.666. The van der Waals surface area contributed by atoms with Gasteiger partial charge in [0.2, 0.25) is 5.91 Å².